The number of nitrogens with zero attached hydrogens (tertiary/aromatic N) is 1. The number of sulfonamides is 1. The van der Waals surface area contributed by atoms with Crippen molar-refractivity contribution in [3.05, 3.63) is 53.6 Å². The van der Waals surface area contributed by atoms with Crippen molar-refractivity contribution in [3.63, 3.8) is 0 Å². The lowest BCUT2D eigenvalue weighted by atomic mass is 10.0. The summed E-state index contributed by atoms with van der Waals surface area (Å²) in [5.74, 6) is -0.0244. The minimum absolute atomic E-state index is 0.0845. The van der Waals surface area contributed by atoms with Crippen molar-refractivity contribution in [3.8, 4) is 11.5 Å². The first kappa shape index (κ1) is 26.1. The zero-order chi connectivity index (χ0) is 24.8. The fraction of sp³-hybridized carbons (Fsp3) is 0.391. The van der Waals surface area contributed by atoms with Gasteiger partial charge in [-0.15, -0.1) is 0 Å². The Balaban J connectivity index is 2.30. The van der Waals surface area contributed by atoms with Gasteiger partial charge in [-0.25, -0.2) is 8.42 Å². The van der Waals surface area contributed by atoms with Gasteiger partial charge in [-0.05, 0) is 55.8 Å². The molecular formula is C23H30N2O7S. The van der Waals surface area contributed by atoms with Crippen LogP contribution in [0.2, 0.25) is 0 Å². The van der Waals surface area contributed by atoms with Crippen LogP contribution in [0.4, 0.5) is 0 Å². The highest BCUT2D eigenvalue weighted by molar-refractivity contribution is 7.89. The van der Waals surface area contributed by atoms with Crippen molar-refractivity contribution in [1.29, 1.82) is 0 Å². The van der Waals surface area contributed by atoms with Gasteiger partial charge in [0.05, 0.1) is 38.7 Å². The lowest BCUT2D eigenvalue weighted by molar-refractivity contribution is -0.141. The van der Waals surface area contributed by atoms with Gasteiger partial charge in [0, 0.05) is 18.7 Å². The summed E-state index contributed by atoms with van der Waals surface area (Å²) < 4.78 is 41.8. The van der Waals surface area contributed by atoms with Gasteiger partial charge in [-0.1, -0.05) is 6.07 Å². The normalized spacial score (nSPS) is 12.4. The van der Waals surface area contributed by atoms with E-state index in [2.05, 4.69) is 5.32 Å². The molecule has 0 saturated carbocycles. The Bertz CT molecular complexity index is 1080. The second-order valence-corrected chi connectivity index (χ2v) is 9.56. The maximum Gasteiger partial charge on any atom is 0.307 e. The lowest BCUT2D eigenvalue weighted by Crippen LogP contribution is -2.33. The molecule has 0 radical (unpaired) electrons. The van der Waals surface area contributed by atoms with E-state index in [1.54, 1.807) is 32.0 Å². The number of hydrogen-bond donors (Lipinski definition) is 1. The molecule has 1 amide bonds. The molecule has 2 aromatic carbocycles. The fourth-order valence-corrected chi connectivity index (χ4v) is 4.40. The molecule has 0 aliphatic rings. The molecule has 0 saturated heterocycles. The summed E-state index contributed by atoms with van der Waals surface area (Å²) in [6, 6.07) is 9.77. The largest absolute Gasteiger partial charge is 0.493 e. The van der Waals surface area contributed by atoms with Gasteiger partial charge < -0.3 is 19.5 Å². The molecule has 33 heavy (non-hydrogen) atoms. The predicted octanol–water partition coefficient (Wildman–Crippen LogP) is 2.77. The third kappa shape index (κ3) is 6.23. The molecule has 180 valence electrons. The fourth-order valence-electron chi connectivity index (χ4n) is 3.04. The predicted molar refractivity (Wildman–Crippen MR) is 123 cm³/mol. The summed E-state index contributed by atoms with van der Waals surface area (Å²) in [6.07, 6.45) is -0.108. The summed E-state index contributed by atoms with van der Waals surface area (Å²) in [5, 5.41) is 2.81. The van der Waals surface area contributed by atoms with E-state index in [0.717, 1.165) is 0 Å². The first-order valence-corrected chi connectivity index (χ1v) is 11.7. The van der Waals surface area contributed by atoms with E-state index < -0.39 is 27.9 Å². The Morgan fingerprint density at radius 1 is 0.970 bits per heavy atom. The SMILES string of the molecule is COC(=O)CC(NC(=O)c1ccc(S(=O)(=O)N(C)C(C)C)cc1)c1ccc(OC)c(OC)c1. The summed E-state index contributed by atoms with van der Waals surface area (Å²) in [6.45, 7) is 3.55. The standard InChI is InChI=1S/C23H30N2O7S/c1-15(2)25(3)33(28,29)18-10-7-16(8-11-18)23(27)24-19(14-22(26)32-6)17-9-12-20(30-4)21(13-17)31-5/h7-13,15,19H,14H2,1-6H3,(H,24,27). The Morgan fingerprint density at radius 3 is 2.09 bits per heavy atom. The molecule has 0 aliphatic carbocycles. The van der Waals surface area contributed by atoms with Crippen LogP contribution in [0.1, 0.15) is 42.2 Å². The van der Waals surface area contributed by atoms with Gasteiger partial charge in [-0.3, -0.25) is 9.59 Å². The van der Waals surface area contributed by atoms with E-state index in [0.29, 0.717) is 17.1 Å². The zero-order valence-electron chi connectivity index (χ0n) is 19.6. The van der Waals surface area contributed by atoms with Gasteiger partial charge >= 0.3 is 5.97 Å². The number of carbonyl (C=O) groups excluding carboxylic acids is 2. The minimum Gasteiger partial charge on any atom is -0.493 e. The highest BCUT2D eigenvalue weighted by Gasteiger charge is 2.24. The number of nitrogens with one attached hydrogen (secondary N) is 1. The van der Waals surface area contributed by atoms with Crippen molar-refractivity contribution in [1.82, 2.24) is 9.62 Å². The lowest BCUT2D eigenvalue weighted by Gasteiger charge is -2.21. The first-order chi connectivity index (χ1) is 15.5. The molecule has 0 fully saturated rings. The topological polar surface area (TPSA) is 111 Å². The maximum atomic E-state index is 12.9. The molecule has 0 heterocycles. The Morgan fingerprint density at radius 2 is 1.58 bits per heavy atom. The minimum atomic E-state index is -3.67. The summed E-state index contributed by atoms with van der Waals surface area (Å²) >= 11 is 0. The average Bonchev–Trinajstić information content (AvgIpc) is 2.82. The van der Waals surface area contributed by atoms with Crippen LogP contribution in [0, 0.1) is 0 Å². The highest BCUT2D eigenvalue weighted by Crippen LogP contribution is 2.31. The summed E-state index contributed by atoms with van der Waals surface area (Å²) in [5.41, 5.74) is 0.862. The van der Waals surface area contributed by atoms with Gasteiger partial charge in [0.2, 0.25) is 10.0 Å². The number of esters is 1. The molecule has 10 heteroatoms. The van der Waals surface area contributed by atoms with E-state index >= 15 is 0 Å². The van der Waals surface area contributed by atoms with Crippen LogP contribution < -0.4 is 14.8 Å². The van der Waals surface area contributed by atoms with Crippen molar-refractivity contribution in [2.45, 2.75) is 37.2 Å². The number of benzene rings is 2. The summed E-state index contributed by atoms with van der Waals surface area (Å²) in [4.78, 5) is 24.9. The number of rotatable bonds is 10. The van der Waals surface area contributed by atoms with Crippen LogP contribution in [-0.4, -0.2) is 59.0 Å². The van der Waals surface area contributed by atoms with Crippen LogP contribution in [0.25, 0.3) is 0 Å². The van der Waals surface area contributed by atoms with E-state index in [1.807, 2.05) is 0 Å². The van der Waals surface area contributed by atoms with Gasteiger partial charge in [-0.2, -0.15) is 4.31 Å². The Kier molecular flexibility index (Phi) is 8.84. The number of methoxy groups -OCH3 is 3. The third-order valence-electron chi connectivity index (χ3n) is 5.23. The van der Waals surface area contributed by atoms with Crippen LogP contribution in [0.3, 0.4) is 0 Å². The highest BCUT2D eigenvalue weighted by atomic mass is 32.2. The molecular weight excluding hydrogens is 448 g/mol. The monoisotopic (exact) mass is 478 g/mol. The molecule has 9 nitrogen and oxygen atoms in total. The first-order valence-electron chi connectivity index (χ1n) is 10.2. The van der Waals surface area contributed by atoms with Crippen molar-refractivity contribution < 1.29 is 32.2 Å². The zero-order valence-corrected chi connectivity index (χ0v) is 20.4. The molecule has 0 bridgehead atoms. The molecule has 0 aromatic heterocycles. The molecule has 0 spiro atoms. The van der Waals surface area contributed by atoms with E-state index in [-0.39, 0.29) is 22.9 Å². The number of ether oxygens (including phenoxy) is 3. The molecule has 1 N–H and O–H groups in total. The van der Waals surface area contributed by atoms with Gasteiger partial charge in [0.15, 0.2) is 11.5 Å². The van der Waals surface area contributed by atoms with E-state index in [1.165, 1.54) is 56.9 Å². The quantitative estimate of drug-likeness (QED) is 0.523. The van der Waals surface area contributed by atoms with E-state index in [9.17, 15) is 18.0 Å². The van der Waals surface area contributed by atoms with Crippen molar-refractivity contribution in [2.75, 3.05) is 28.4 Å². The molecule has 0 aliphatic heterocycles. The van der Waals surface area contributed by atoms with Crippen molar-refractivity contribution >= 4 is 21.9 Å². The third-order valence-corrected chi connectivity index (χ3v) is 7.28. The van der Waals surface area contributed by atoms with Crippen LogP contribution in [0.5, 0.6) is 11.5 Å². The van der Waals surface area contributed by atoms with Crippen LogP contribution in [-0.2, 0) is 19.6 Å². The Labute approximate surface area is 194 Å². The molecule has 2 rings (SSSR count). The smallest absolute Gasteiger partial charge is 0.307 e. The molecule has 1 atom stereocenters. The number of hydrogen-bond acceptors (Lipinski definition) is 7. The van der Waals surface area contributed by atoms with Crippen molar-refractivity contribution in [2.24, 2.45) is 0 Å². The number of carbonyl (C=O) groups is 2. The second-order valence-electron chi connectivity index (χ2n) is 7.56. The summed E-state index contributed by atoms with van der Waals surface area (Å²) in [7, 11) is 2.10. The second kappa shape index (κ2) is 11.2. The van der Waals surface area contributed by atoms with Gasteiger partial charge in [0.25, 0.3) is 5.91 Å². The number of amides is 1. The average molecular weight is 479 g/mol. The van der Waals surface area contributed by atoms with Crippen LogP contribution in [0.15, 0.2) is 47.4 Å². The van der Waals surface area contributed by atoms with E-state index in [4.69, 9.17) is 14.2 Å². The van der Waals surface area contributed by atoms with Gasteiger partial charge in [0.1, 0.15) is 0 Å². The van der Waals surface area contributed by atoms with Crippen LogP contribution >= 0.6 is 0 Å². The molecule has 2 aromatic rings. The maximum absolute atomic E-state index is 12.9. The molecule has 1 unspecified atom stereocenters. The Hall–Kier alpha value is -3.11.